The first-order chi connectivity index (χ1) is 11.3. The molecule has 2 aromatic carbocycles. The smallest absolute Gasteiger partial charge is 0.416 e. The molecule has 0 heterocycles. The summed E-state index contributed by atoms with van der Waals surface area (Å²) in [6.07, 6.45) is -10.1. The van der Waals surface area contributed by atoms with Crippen LogP contribution in [-0.4, -0.2) is 11.1 Å². The second kappa shape index (κ2) is 6.53. The highest BCUT2D eigenvalue weighted by molar-refractivity contribution is 9.10. The molecule has 0 bridgehead atoms. The highest BCUT2D eigenvalue weighted by atomic mass is 79.9. The third-order valence-electron chi connectivity index (χ3n) is 3.17. The van der Waals surface area contributed by atoms with Gasteiger partial charge in [-0.2, -0.15) is 26.3 Å². The maximum absolute atomic E-state index is 13.0. The zero-order valence-electron chi connectivity index (χ0n) is 11.8. The molecule has 0 saturated carbocycles. The summed E-state index contributed by atoms with van der Waals surface area (Å²) in [5, 5.41) is 8.88. The summed E-state index contributed by atoms with van der Waals surface area (Å²) in [5.74, 6) is -1.58. The summed E-state index contributed by atoms with van der Waals surface area (Å²) in [5.41, 5.74) is -4.64. The largest absolute Gasteiger partial charge is 0.478 e. The van der Waals surface area contributed by atoms with E-state index in [1.807, 2.05) is 0 Å². The molecule has 10 heteroatoms. The van der Waals surface area contributed by atoms with Crippen LogP contribution in [0.15, 0.2) is 34.8 Å². The van der Waals surface area contributed by atoms with Crippen LogP contribution >= 0.6 is 27.5 Å². The fourth-order valence-corrected chi connectivity index (χ4v) is 3.02. The maximum atomic E-state index is 13.0. The molecular weight excluding hydrogens is 442 g/mol. The summed E-state index contributed by atoms with van der Waals surface area (Å²) in [6, 6.07) is 3.11. The highest BCUT2D eigenvalue weighted by Crippen LogP contribution is 2.40. The molecule has 2 nitrogen and oxygen atoms in total. The Hall–Kier alpha value is -1.74. The molecule has 0 saturated heterocycles. The Kier molecular flexibility index (Phi) is 5.11. The Balaban J connectivity index is 2.86. The number of carbonyl (C=O) groups is 1. The van der Waals surface area contributed by atoms with Crippen molar-refractivity contribution >= 4 is 33.5 Å². The van der Waals surface area contributed by atoms with E-state index in [2.05, 4.69) is 15.9 Å². The van der Waals surface area contributed by atoms with Crippen molar-refractivity contribution in [2.24, 2.45) is 0 Å². The van der Waals surface area contributed by atoms with Crippen LogP contribution in [0.1, 0.15) is 21.5 Å². The number of carboxylic acid groups (broad SMARTS) is 1. The van der Waals surface area contributed by atoms with E-state index >= 15 is 0 Å². The number of halogens is 8. The predicted molar refractivity (Wildman–Crippen MR) is 81.6 cm³/mol. The van der Waals surface area contributed by atoms with Gasteiger partial charge in [-0.25, -0.2) is 4.79 Å². The molecule has 0 amide bonds. The van der Waals surface area contributed by atoms with Crippen molar-refractivity contribution in [1.29, 1.82) is 0 Å². The van der Waals surface area contributed by atoms with Gasteiger partial charge in [-0.1, -0.05) is 27.5 Å². The zero-order valence-corrected chi connectivity index (χ0v) is 14.1. The van der Waals surface area contributed by atoms with Crippen LogP contribution in [0.3, 0.4) is 0 Å². The number of rotatable bonds is 2. The van der Waals surface area contributed by atoms with Crippen molar-refractivity contribution in [1.82, 2.24) is 0 Å². The van der Waals surface area contributed by atoms with Crippen LogP contribution in [0.5, 0.6) is 0 Å². The van der Waals surface area contributed by atoms with Crippen molar-refractivity contribution < 1.29 is 36.2 Å². The van der Waals surface area contributed by atoms with Crippen molar-refractivity contribution in [3.8, 4) is 11.1 Å². The monoisotopic (exact) mass is 446 g/mol. The van der Waals surface area contributed by atoms with Gasteiger partial charge in [-0.3, -0.25) is 0 Å². The molecule has 0 aromatic heterocycles. The van der Waals surface area contributed by atoms with Gasteiger partial charge in [0.1, 0.15) is 0 Å². The van der Waals surface area contributed by atoms with Gasteiger partial charge in [-0.15, -0.1) is 0 Å². The van der Waals surface area contributed by atoms with Crippen LogP contribution < -0.4 is 0 Å². The molecule has 0 aliphatic rings. The van der Waals surface area contributed by atoms with Gasteiger partial charge >= 0.3 is 18.3 Å². The standard InChI is InChI=1S/C15H6BrClF6O2/c16-9-4-10(12(13(24)25)11(17)5-9)6-1-7(14(18,19)20)3-8(2-6)15(21,22)23/h1-5H,(H,24,25). The molecule has 0 unspecified atom stereocenters. The molecule has 1 N–H and O–H groups in total. The van der Waals surface area contributed by atoms with Crippen LogP contribution in [-0.2, 0) is 12.4 Å². The highest BCUT2D eigenvalue weighted by Gasteiger charge is 2.37. The van der Waals surface area contributed by atoms with E-state index in [1.54, 1.807) is 0 Å². The van der Waals surface area contributed by atoms with Gasteiger partial charge in [0.15, 0.2) is 0 Å². The minimum absolute atomic E-state index is 0.0382. The summed E-state index contributed by atoms with van der Waals surface area (Å²) in [6.45, 7) is 0. The van der Waals surface area contributed by atoms with Crippen LogP contribution in [0.2, 0.25) is 5.02 Å². The van der Waals surface area contributed by atoms with Crippen molar-refractivity contribution in [3.63, 3.8) is 0 Å². The molecular formula is C15H6BrClF6O2. The second-order valence-electron chi connectivity index (χ2n) is 4.91. The lowest BCUT2D eigenvalue weighted by Gasteiger charge is -2.16. The number of hydrogen-bond donors (Lipinski definition) is 1. The normalized spacial score (nSPS) is 12.3. The molecule has 0 atom stereocenters. The fraction of sp³-hybridized carbons (Fsp3) is 0.133. The number of benzene rings is 2. The second-order valence-corrected chi connectivity index (χ2v) is 6.23. The Labute approximate surface area is 150 Å². The van der Waals surface area contributed by atoms with Crippen LogP contribution in [0.4, 0.5) is 26.3 Å². The Morgan fingerprint density at radius 2 is 1.40 bits per heavy atom. The maximum Gasteiger partial charge on any atom is 0.416 e. The first-order valence-corrected chi connectivity index (χ1v) is 7.50. The first-order valence-electron chi connectivity index (χ1n) is 6.33. The average Bonchev–Trinajstić information content (AvgIpc) is 2.43. The minimum Gasteiger partial charge on any atom is -0.478 e. The molecule has 25 heavy (non-hydrogen) atoms. The van der Waals surface area contributed by atoms with E-state index in [4.69, 9.17) is 11.6 Å². The predicted octanol–water partition coefficient (Wildman–Crippen LogP) is 6.51. The van der Waals surface area contributed by atoms with Crippen LogP contribution in [0.25, 0.3) is 11.1 Å². The zero-order chi connectivity index (χ0) is 19.2. The molecule has 0 aliphatic carbocycles. The third kappa shape index (κ3) is 4.27. The molecule has 0 aliphatic heterocycles. The number of alkyl halides is 6. The summed E-state index contributed by atoms with van der Waals surface area (Å²) < 4.78 is 77.9. The SMILES string of the molecule is O=C(O)c1c(Cl)cc(Br)cc1-c1cc(C(F)(F)F)cc(C(F)(F)F)c1. The lowest BCUT2D eigenvalue weighted by molar-refractivity contribution is -0.143. The summed E-state index contributed by atoms with van der Waals surface area (Å²) >= 11 is 8.77. The minimum atomic E-state index is -5.05. The first kappa shape index (κ1) is 19.6. The number of aromatic carboxylic acids is 1. The van der Waals surface area contributed by atoms with E-state index in [0.29, 0.717) is 12.1 Å². The van der Waals surface area contributed by atoms with E-state index in [9.17, 15) is 36.2 Å². The number of hydrogen-bond acceptors (Lipinski definition) is 1. The Morgan fingerprint density at radius 1 is 0.920 bits per heavy atom. The van der Waals surface area contributed by atoms with Gasteiger partial charge in [0.25, 0.3) is 0 Å². The molecule has 0 fully saturated rings. The topological polar surface area (TPSA) is 37.3 Å². The van der Waals surface area contributed by atoms with E-state index in [0.717, 1.165) is 6.07 Å². The van der Waals surface area contributed by atoms with Gasteiger partial charge < -0.3 is 5.11 Å². The van der Waals surface area contributed by atoms with Gasteiger partial charge in [0.2, 0.25) is 0 Å². The molecule has 0 radical (unpaired) electrons. The quantitative estimate of drug-likeness (QED) is 0.533. The van der Waals surface area contributed by atoms with Gasteiger partial charge in [-0.05, 0) is 41.5 Å². The lowest BCUT2D eigenvalue weighted by atomic mass is 9.95. The van der Waals surface area contributed by atoms with Crippen molar-refractivity contribution in [2.45, 2.75) is 12.4 Å². The van der Waals surface area contributed by atoms with Gasteiger partial charge in [0.05, 0.1) is 21.7 Å². The van der Waals surface area contributed by atoms with Gasteiger partial charge in [0, 0.05) is 4.47 Å². The fourth-order valence-electron chi connectivity index (χ4n) is 2.13. The lowest BCUT2D eigenvalue weighted by Crippen LogP contribution is -2.11. The molecule has 134 valence electrons. The Morgan fingerprint density at radius 3 is 1.80 bits per heavy atom. The van der Waals surface area contributed by atoms with Crippen molar-refractivity contribution in [2.75, 3.05) is 0 Å². The third-order valence-corrected chi connectivity index (χ3v) is 3.92. The van der Waals surface area contributed by atoms with Crippen molar-refractivity contribution in [3.05, 3.63) is 56.5 Å². The molecule has 2 rings (SSSR count). The van der Waals surface area contributed by atoms with E-state index in [1.165, 1.54) is 6.07 Å². The van der Waals surface area contributed by atoms with E-state index < -0.39 is 40.6 Å². The van der Waals surface area contributed by atoms with Crippen LogP contribution in [0, 0.1) is 0 Å². The average molecular weight is 448 g/mol. The molecule has 0 spiro atoms. The molecule has 2 aromatic rings. The Bertz CT molecular complexity index is 813. The number of carboxylic acids is 1. The van der Waals surface area contributed by atoms with E-state index in [-0.39, 0.29) is 21.1 Å². The summed E-state index contributed by atoms with van der Waals surface area (Å²) in [7, 11) is 0. The summed E-state index contributed by atoms with van der Waals surface area (Å²) in [4.78, 5) is 11.3.